The van der Waals surface area contributed by atoms with Crippen LogP contribution in [0.1, 0.15) is 42.0 Å². The summed E-state index contributed by atoms with van der Waals surface area (Å²) < 4.78 is 7.53. The van der Waals surface area contributed by atoms with Crippen LogP contribution in [0.2, 0.25) is 5.02 Å². The molecular weight excluding hydrogens is 288 g/mol. The van der Waals surface area contributed by atoms with Gasteiger partial charge in [-0.1, -0.05) is 37.6 Å². The normalized spacial score (nSPS) is 10.7. The molecule has 0 amide bonds. The smallest absolute Gasteiger partial charge is 0.166 e. The lowest BCUT2D eigenvalue weighted by molar-refractivity contribution is 0.0983. The number of aryl methyl sites for hydroxylation is 2. The van der Waals surface area contributed by atoms with Gasteiger partial charge in [-0.05, 0) is 18.6 Å². The second-order valence-electron chi connectivity index (χ2n) is 4.75. The molecule has 0 spiro atoms. The molecule has 0 aliphatic rings. The van der Waals surface area contributed by atoms with Crippen molar-refractivity contribution in [1.29, 1.82) is 0 Å². The zero-order valence-corrected chi connectivity index (χ0v) is 13.3. The summed E-state index contributed by atoms with van der Waals surface area (Å²) in [6, 6.07) is 7.27. The molecule has 1 heterocycles. The number of benzene rings is 1. The number of aromatic nitrogens is 2. The number of ketones is 1. The molecule has 0 atom stereocenters. The number of hydrogen-bond donors (Lipinski definition) is 0. The Morgan fingerprint density at radius 3 is 2.67 bits per heavy atom. The van der Waals surface area contributed by atoms with Crippen molar-refractivity contribution in [2.24, 2.45) is 7.05 Å². The fourth-order valence-corrected chi connectivity index (χ4v) is 2.48. The minimum atomic E-state index is 0.0657. The van der Waals surface area contributed by atoms with Crippen LogP contribution in [0.5, 0.6) is 5.75 Å². The molecule has 2 aromatic rings. The maximum Gasteiger partial charge on any atom is 0.166 e. The van der Waals surface area contributed by atoms with Gasteiger partial charge in [-0.3, -0.25) is 9.48 Å². The van der Waals surface area contributed by atoms with Crippen molar-refractivity contribution in [1.82, 2.24) is 9.78 Å². The molecule has 0 saturated heterocycles. The molecule has 0 bridgehead atoms. The molecule has 112 valence electrons. The molecule has 1 aromatic heterocycles. The number of Topliss-reactive ketones (excluding diaryl/α,β-unsaturated/α-hetero) is 1. The molecule has 0 unspecified atom stereocenters. The number of rotatable bonds is 6. The van der Waals surface area contributed by atoms with Crippen molar-refractivity contribution in [2.75, 3.05) is 0 Å². The van der Waals surface area contributed by atoms with E-state index in [-0.39, 0.29) is 12.4 Å². The zero-order valence-electron chi connectivity index (χ0n) is 12.5. The van der Waals surface area contributed by atoms with Crippen LogP contribution >= 0.6 is 11.6 Å². The van der Waals surface area contributed by atoms with Crippen LogP contribution < -0.4 is 4.74 Å². The fraction of sp³-hybridized carbons (Fsp3) is 0.375. The maximum atomic E-state index is 11.9. The Bertz CT molecular complexity index is 650. The minimum absolute atomic E-state index is 0.0657. The van der Waals surface area contributed by atoms with E-state index in [1.807, 2.05) is 33.0 Å². The first-order chi connectivity index (χ1) is 10.1. The Morgan fingerprint density at radius 2 is 2.05 bits per heavy atom. The van der Waals surface area contributed by atoms with Crippen molar-refractivity contribution >= 4 is 17.4 Å². The number of carbonyl (C=O) groups is 1. The van der Waals surface area contributed by atoms with Crippen molar-refractivity contribution < 1.29 is 9.53 Å². The molecule has 0 aliphatic heterocycles. The van der Waals surface area contributed by atoms with E-state index in [1.54, 1.807) is 16.8 Å². The van der Waals surface area contributed by atoms with Gasteiger partial charge in [-0.15, -0.1) is 0 Å². The number of halogens is 1. The lowest BCUT2D eigenvalue weighted by Gasteiger charge is -2.10. The Labute approximate surface area is 129 Å². The van der Waals surface area contributed by atoms with Gasteiger partial charge in [-0.25, -0.2) is 0 Å². The largest absolute Gasteiger partial charge is 0.486 e. The van der Waals surface area contributed by atoms with Gasteiger partial charge in [0.25, 0.3) is 0 Å². The quantitative estimate of drug-likeness (QED) is 0.762. The second-order valence-corrected chi connectivity index (χ2v) is 5.12. The first kappa shape index (κ1) is 15.6. The Hall–Kier alpha value is -1.81. The van der Waals surface area contributed by atoms with E-state index in [0.717, 1.165) is 17.8 Å². The third-order valence-corrected chi connectivity index (χ3v) is 3.81. The summed E-state index contributed by atoms with van der Waals surface area (Å²) in [7, 11) is 1.84. The van der Waals surface area contributed by atoms with E-state index in [4.69, 9.17) is 16.3 Å². The van der Waals surface area contributed by atoms with E-state index in [2.05, 4.69) is 5.10 Å². The number of nitrogens with zero attached hydrogens (tertiary/aromatic N) is 2. The van der Waals surface area contributed by atoms with Crippen LogP contribution in [0, 0.1) is 0 Å². The maximum absolute atomic E-state index is 11.9. The summed E-state index contributed by atoms with van der Waals surface area (Å²) in [5.74, 6) is 0.649. The molecule has 1 aromatic carbocycles. The molecule has 0 fully saturated rings. The highest BCUT2D eigenvalue weighted by Gasteiger charge is 2.15. The number of para-hydroxylation sites is 1. The third-order valence-electron chi connectivity index (χ3n) is 3.38. The van der Waals surface area contributed by atoms with E-state index < -0.39 is 0 Å². The molecule has 0 radical (unpaired) electrons. The SMILES string of the molecule is CCC(=O)c1ccccc1OCc1c(Cl)c(CC)nn1C. The summed E-state index contributed by atoms with van der Waals surface area (Å²) in [6.45, 7) is 4.13. The fourth-order valence-electron chi connectivity index (χ4n) is 2.14. The summed E-state index contributed by atoms with van der Waals surface area (Å²) in [6.07, 6.45) is 1.23. The zero-order chi connectivity index (χ0) is 15.4. The predicted octanol–water partition coefficient (Wildman–Crippen LogP) is 3.81. The highest BCUT2D eigenvalue weighted by molar-refractivity contribution is 6.31. The van der Waals surface area contributed by atoms with Crippen molar-refractivity contribution in [3.8, 4) is 5.75 Å². The van der Waals surface area contributed by atoms with Crippen molar-refractivity contribution in [3.05, 3.63) is 46.2 Å². The van der Waals surface area contributed by atoms with Gasteiger partial charge in [0.1, 0.15) is 12.4 Å². The van der Waals surface area contributed by atoms with Gasteiger partial charge < -0.3 is 4.74 Å². The standard InChI is InChI=1S/C16H19ClN2O2/c1-4-12-16(17)13(19(3)18-12)10-21-15-9-7-6-8-11(15)14(20)5-2/h6-9H,4-5,10H2,1-3H3. The van der Waals surface area contributed by atoms with E-state index in [0.29, 0.717) is 22.8 Å². The summed E-state index contributed by atoms with van der Waals surface area (Å²) >= 11 is 6.30. The Kier molecular flexibility index (Phi) is 5.02. The van der Waals surface area contributed by atoms with Crippen LogP contribution in [-0.4, -0.2) is 15.6 Å². The molecule has 2 rings (SSSR count). The van der Waals surface area contributed by atoms with Crippen molar-refractivity contribution in [3.63, 3.8) is 0 Å². The third kappa shape index (κ3) is 3.27. The Morgan fingerprint density at radius 1 is 1.33 bits per heavy atom. The van der Waals surface area contributed by atoms with Gasteiger partial charge in [0.05, 0.1) is 22.0 Å². The Balaban J connectivity index is 2.21. The lowest BCUT2D eigenvalue weighted by atomic mass is 10.1. The molecule has 0 N–H and O–H groups in total. The van der Waals surface area contributed by atoms with E-state index >= 15 is 0 Å². The molecule has 0 saturated carbocycles. The highest BCUT2D eigenvalue weighted by atomic mass is 35.5. The first-order valence-corrected chi connectivity index (χ1v) is 7.41. The number of hydrogen-bond acceptors (Lipinski definition) is 3. The molecule has 5 heteroatoms. The van der Waals surface area contributed by atoms with Gasteiger partial charge in [0, 0.05) is 13.5 Å². The predicted molar refractivity (Wildman–Crippen MR) is 83.0 cm³/mol. The van der Waals surface area contributed by atoms with Gasteiger partial charge in [0.15, 0.2) is 5.78 Å². The van der Waals surface area contributed by atoms with Gasteiger partial charge >= 0.3 is 0 Å². The summed E-state index contributed by atoms with van der Waals surface area (Å²) in [5.41, 5.74) is 2.27. The molecular formula is C16H19ClN2O2. The topological polar surface area (TPSA) is 44.1 Å². The number of carbonyl (C=O) groups excluding carboxylic acids is 1. The van der Waals surface area contributed by atoms with Crippen LogP contribution in [0.15, 0.2) is 24.3 Å². The van der Waals surface area contributed by atoms with Crippen LogP contribution in [0.3, 0.4) is 0 Å². The van der Waals surface area contributed by atoms with E-state index in [9.17, 15) is 4.79 Å². The first-order valence-electron chi connectivity index (χ1n) is 7.03. The number of ether oxygens (including phenoxy) is 1. The van der Waals surface area contributed by atoms with Crippen LogP contribution in [0.25, 0.3) is 0 Å². The minimum Gasteiger partial charge on any atom is -0.486 e. The summed E-state index contributed by atoms with van der Waals surface area (Å²) in [4.78, 5) is 11.9. The van der Waals surface area contributed by atoms with Crippen LogP contribution in [0.4, 0.5) is 0 Å². The van der Waals surface area contributed by atoms with Crippen LogP contribution in [-0.2, 0) is 20.1 Å². The van der Waals surface area contributed by atoms with Crippen molar-refractivity contribution in [2.45, 2.75) is 33.3 Å². The lowest BCUT2D eigenvalue weighted by Crippen LogP contribution is -2.06. The average Bonchev–Trinajstić information content (AvgIpc) is 2.79. The van der Waals surface area contributed by atoms with Gasteiger partial charge in [0.2, 0.25) is 0 Å². The summed E-state index contributed by atoms with van der Waals surface area (Å²) in [5, 5.41) is 4.99. The average molecular weight is 307 g/mol. The molecule has 4 nitrogen and oxygen atoms in total. The van der Waals surface area contributed by atoms with Gasteiger partial charge in [-0.2, -0.15) is 5.10 Å². The second kappa shape index (κ2) is 6.76. The molecule has 0 aliphatic carbocycles. The molecule has 21 heavy (non-hydrogen) atoms. The monoisotopic (exact) mass is 306 g/mol. The highest BCUT2D eigenvalue weighted by Crippen LogP contribution is 2.25. The van der Waals surface area contributed by atoms with E-state index in [1.165, 1.54) is 0 Å².